The number of pyridine rings is 1. The first-order valence-corrected chi connectivity index (χ1v) is 13.1. The molecule has 1 aliphatic heterocycles. The zero-order chi connectivity index (χ0) is 27.4. The molecule has 1 aliphatic rings. The number of para-hydroxylation sites is 1. The molecule has 2 aromatic carbocycles. The Morgan fingerprint density at radius 2 is 1.87 bits per heavy atom. The van der Waals surface area contributed by atoms with Crippen LogP contribution < -0.4 is 10.6 Å². The van der Waals surface area contributed by atoms with Gasteiger partial charge in [-0.05, 0) is 66.7 Å². The Morgan fingerprint density at radius 3 is 2.59 bits per heavy atom. The van der Waals surface area contributed by atoms with Crippen LogP contribution in [0.2, 0.25) is 0 Å². The molecule has 0 bridgehead atoms. The Morgan fingerprint density at radius 1 is 1.10 bits per heavy atom. The highest BCUT2D eigenvalue weighted by Gasteiger charge is 2.41. The summed E-state index contributed by atoms with van der Waals surface area (Å²) >= 11 is 5.70. The summed E-state index contributed by atoms with van der Waals surface area (Å²) in [6, 6.07) is 22.7. The summed E-state index contributed by atoms with van der Waals surface area (Å²) in [5, 5.41) is 17.9. The number of carbonyl (C=O) groups excluding carboxylic acids is 1. The normalized spacial score (nSPS) is 16.6. The number of nitrogens with zero attached hydrogens (tertiary/aromatic N) is 3. The number of nitrogens with one attached hydrogen (secondary N) is 2. The first kappa shape index (κ1) is 26.1. The number of rotatable bonds is 9. The molecule has 1 fully saturated rings. The van der Waals surface area contributed by atoms with E-state index in [2.05, 4.69) is 22.5 Å². The number of amides is 1. The molecule has 0 spiro atoms. The van der Waals surface area contributed by atoms with Crippen molar-refractivity contribution in [1.82, 2.24) is 15.2 Å². The maximum Gasteiger partial charge on any atom is 0.269 e. The second kappa shape index (κ2) is 11.4. The van der Waals surface area contributed by atoms with E-state index in [0.29, 0.717) is 23.2 Å². The maximum atomic E-state index is 12.9. The number of aromatic nitrogens is 1. The first-order chi connectivity index (χ1) is 18.9. The van der Waals surface area contributed by atoms with Crippen molar-refractivity contribution in [3.8, 4) is 11.3 Å². The number of thiocarbonyl (C=S) groups is 1. The molecular formula is C29H27N5O4S. The molecule has 1 saturated heterocycles. The molecule has 198 valence electrons. The fourth-order valence-electron chi connectivity index (χ4n) is 4.75. The molecular weight excluding hydrogens is 514 g/mol. The maximum absolute atomic E-state index is 12.9. The molecule has 3 heterocycles. The van der Waals surface area contributed by atoms with E-state index in [1.165, 1.54) is 12.1 Å². The fraction of sp³-hybridized carbons (Fsp3) is 0.207. The van der Waals surface area contributed by atoms with E-state index in [4.69, 9.17) is 16.6 Å². The number of nitro groups is 1. The molecule has 0 saturated carbocycles. The first-order valence-electron chi connectivity index (χ1n) is 12.6. The average Bonchev–Trinajstić information content (AvgIpc) is 3.57. The zero-order valence-electron chi connectivity index (χ0n) is 21.2. The summed E-state index contributed by atoms with van der Waals surface area (Å²) in [4.78, 5) is 30.0. The summed E-state index contributed by atoms with van der Waals surface area (Å²) in [6.45, 7) is 2.42. The summed E-state index contributed by atoms with van der Waals surface area (Å²) in [5.41, 5.74) is 3.41. The Labute approximate surface area is 231 Å². The van der Waals surface area contributed by atoms with Gasteiger partial charge in [0, 0.05) is 42.5 Å². The second-order valence-electron chi connectivity index (χ2n) is 9.13. The summed E-state index contributed by atoms with van der Waals surface area (Å²) in [7, 11) is 0. The van der Waals surface area contributed by atoms with Crippen molar-refractivity contribution in [2.75, 3.05) is 11.9 Å². The van der Waals surface area contributed by atoms with E-state index in [1.54, 1.807) is 18.3 Å². The zero-order valence-corrected chi connectivity index (χ0v) is 22.1. The molecule has 4 aromatic rings. The van der Waals surface area contributed by atoms with E-state index in [9.17, 15) is 14.9 Å². The lowest BCUT2D eigenvalue weighted by atomic mass is 10.0. The van der Waals surface area contributed by atoms with E-state index in [-0.39, 0.29) is 30.1 Å². The monoisotopic (exact) mass is 541 g/mol. The second-order valence-corrected chi connectivity index (χ2v) is 9.52. The lowest BCUT2D eigenvalue weighted by Crippen LogP contribution is -2.32. The Hall–Kier alpha value is -4.57. The third-order valence-electron chi connectivity index (χ3n) is 6.73. The largest absolute Gasteiger partial charge is 0.459 e. The minimum absolute atomic E-state index is 0.0112. The standard InChI is InChI=1S/C29H27N5O4S/c1-2-19-7-3-4-8-22(19)31-26(35)16-18-33-28(27(32-29(33)39)23-9-5-6-17-30-23)25-15-14-24(38-25)20-10-12-21(13-11-20)34(36)37/h3-15,17,27-28H,2,16,18H2,1H3,(H,31,35)(H,32,39)/t27-,28-/m0/s1. The van der Waals surface area contributed by atoms with Crippen LogP contribution in [0.5, 0.6) is 0 Å². The highest BCUT2D eigenvalue weighted by molar-refractivity contribution is 7.80. The van der Waals surface area contributed by atoms with Gasteiger partial charge >= 0.3 is 0 Å². The highest BCUT2D eigenvalue weighted by Crippen LogP contribution is 2.40. The van der Waals surface area contributed by atoms with E-state index < -0.39 is 4.92 Å². The quantitative estimate of drug-likeness (QED) is 0.155. The van der Waals surface area contributed by atoms with Crippen LogP contribution in [0.25, 0.3) is 11.3 Å². The fourth-order valence-corrected chi connectivity index (χ4v) is 5.09. The SMILES string of the molecule is CCc1ccccc1NC(=O)CCN1C(=S)N[C@@H](c2ccccn2)[C@@H]1c1ccc(-c2ccc([N+](=O)[O-])cc2)o1. The highest BCUT2D eigenvalue weighted by atomic mass is 32.1. The Bertz CT molecular complexity index is 1490. The number of furan rings is 1. The van der Waals surface area contributed by atoms with Crippen molar-refractivity contribution < 1.29 is 14.1 Å². The number of non-ortho nitro benzene ring substituents is 1. The summed E-state index contributed by atoms with van der Waals surface area (Å²) < 4.78 is 6.28. The average molecular weight is 542 g/mol. The summed E-state index contributed by atoms with van der Waals surface area (Å²) in [5.74, 6) is 1.11. The number of anilines is 1. The number of carbonyl (C=O) groups is 1. The van der Waals surface area contributed by atoms with Crippen LogP contribution in [0.15, 0.2) is 89.5 Å². The molecule has 2 N–H and O–H groups in total. The lowest BCUT2D eigenvalue weighted by Gasteiger charge is -2.26. The van der Waals surface area contributed by atoms with E-state index >= 15 is 0 Å². The van der Waals surface area contributed by atoms with Crippen molar-refractivity contribution in [3.05, 3.63) is 112 Å². The predicted octanol–water partition coefficient (Wildman–Crippen LogP) is 5.81. The molecule has 2 aromatic heterocycles. The van der Waals surface area contributed by atoms with E-state index in [0.717, 1.165) is 28.9 Å². The van der Waals surface area contributed by atoms with Gasteiger partial charge < -0.3 is 20.0 Å². The van der Waals surface area contributed by atoms with Gasteiger partial charge in [-0.3, -0.25) is 19.9 Å². The van der Waals surface area contributed by atoms with Gasteiger partial charge in [0.25, 0.3) is 5.69 Å². The lowest BCUT2D eigenvalue weighted by molar-refractivity contribution is -0.384. The molecule has 1 amide bonds. The Kier molecular flexibility index (Phi) is 7.64. The minimum Gasteiger partial charge on any atom is -0.459 e. The number of benzene rings is 2. The molecule has 2 atom stereocenters. The van der Waals surface area contributed by atoms with Gasteiger partial charge in [0.1, 0.15) is 17.6 Å². The molecule has 0 unspecified atom stereocenters. The van der Waals surface area contributed by atoms with Crippen molar-refractivity contribution in [2.45, 2.75) is 31.8 Å². The molecule has 5 rings (SSSR count). The molecule has 10 heteroatoms. The minimum atomic E-state index is -0.436. The van der Waals surface area contributed by atoms with Crippen LogP contribution in [0.4, 0.5) is 11.4 Å². The van der Waals surface area contributed by atoms with Crippen LogP contribution >= 0.6 is 12.2 Å². The van der Waals surface area contributed by atoms with Gasteiger partial charge in [-0.1, -0.05) is 31.2 Å². The van der Waals surface area contributed by atoms with Gasteiger partial charge in [0.2, 0.25) is 5.91 Å². The molecule has 39 heavy (non-hydrogen) atoms. The molecule has 9 nitrogen and oxygen atoms in total. The predicted molar refractivity (Wildman–Crippen MR) is 152 cm³/mol. The van der Waals surface area contributed by atoms with Gasteiger partial charge in [0.05, 0.1) is 16.7 Å². The van der Waals surface area contributed by atoms with Crippen LogP contribution in [0, 0.1) is 10.1 Å². The number of hydrogen-bond donors (Lipinski definition) is 2. The number of nitro benzene ring substituents is 1. The van der Waals surface area contributed by atoms with Crippen LogP contribution in [0.1, 0.15) is 42.4 Å². The van der Waals surface area contributed by atoms with Crippen LogP contribution in [0.3, 0.4) is 0 Å². The van der Waals surface area contributed by atoms with Crippen molar-refractivity contribution in [1.29, 1.82) is 0 Å². The number of hydrogen-bond acceptors (Lipinski definition) is 6. The van der Waals surface area contributed by atoms with E-state index in [1.807, 2.05) is 59.5 Å². The number of aryl methyl sites for hydroxylation is 1. The third kappa shape index (κ3) is 5.65. The molecule has 0 aliphatic carbocycles. The van der Waals surface area contributed by atoms with Crippen molar-refractivity contribution >= 4 is 34.6 Å². The van der Waals surface area contributed by atoms with Crippen LogP contribution in [-0.2, 0) is 11.2 Å². The Balaban J connectivity index is 1.39. The van der Waals surface area contributed by atoms with Crippen molar-refractivity contribution in [2.24, 2.45) is 0 Å². The topological polar surface area (TPSA) is 114 Å². The van der Waals surface area contributed by atoms with Crippen LogP contribution in [-0.4, -0.2) is 32.4 Å². The van der Waals surface area contributed by atoms with Crippen molar-refractivity contribution in [3.63, 3.8) is 0 Å². The molecule has 0 radical (unpaired) electrons. The van der Waals surface area contributed by atoms with Gasteiger partial charge in [-0.25, -0.2) is 0 Å². The smallest absolute Gasteiger partial charge is 0.269 e. The van der Waals surface area contributed by atoms with Gasteiger partial charge in [0.15, 0.2) is 5.11 Å². The third-order valence-corrected chi connectivity index (χ3v) is 7.08. The van der Waals surface area contributed by atoms with Gasteiger partial charge in [-0.2, -0.15) is 0 Å². The van der Waals surface area contributed by atoms with Gasteiger partial charge in [-0.15, -0.1) is 0 Å². The summed E-state index contributed by atoms with van der Waals surface area (Å²) in [6.07, 6.45) is 2.77.